The van der Waals surface area contributed by atoms with E-state index >= 15 is 0 Å². The van der Waals surface area contributed by atoms with Gasteiger partial charge in [-0.1, -0.05) is 11.3 Å². The third-order valence-electron chi connectivity index (χ3n) is 6.01. The maximum atomic E-state index is 13.8. The lowest BCUT2D eigenvalue weighted by Crippen LogP contribution is -2.52. The molecule has 5 rings (SSSR count). The van der Waals surface area contributed by atoms with E-state index in [1.165, 1.54) is 23.5 Å². The lowest BCUT2D eigenvalue weighted by atomic mass is 10.00. The number of thiophene rings is 1. The largest absolute Gasteiger partial charge is 0.371 e. The van der Waals surface area contributed by atoms with Crippen LogP contribution in [0.5, 0.6) is 0 Å². The second-order valence-electron chi connectivity index (χ2n) is 8.61. The zero-order chi connectivity index (χ0) is 21.0. The molecular weight excluding hydrogens is 401 g/mol. The highest BCUT2D eigenvalue weighted by Crippen LogP contribution is 2.39. The zero-order valence-corrected chi connectivity index (χ0v) is 17.9. The van der Waals surface area contributed by atoms with Gasteiger partial charge in [-0.3, -0.25) is 14.2 Å². The van der Waals surface area contributed by atoms with Crippen molar-refractivity contribution in [1.82, 2.24) is 9.47 Å². The van der Waals surface area contributed by atoms with Crippen molar-refractivity contribution < 1.29 is 9.18 Å². The zero-order valence-electron chi connectivity index (χ0n) is 17.1. The van der Waals surface area contributed by atoms with Gasteiger partial charge in [0.1, 0.15) is 15.6 Å². The molecule has 156 valence electrons. The van der Waals surface area contributed by atoms with Gasteiger partial charge in [0.05, 0.1) is 11.6 Å². The van der Waals surface area contributed by atoms with E-state index in [2.05, 4.69) is 17.3 Å². The lowest BCUT2D eigenvalue weighted by Gasteiger charge is -2.37. The number of rotatable bonds is 6. The van der Waals surface area contributed by atoms with Crippen molar-refractivity contribution in [3.8, 4) is 0 Å². The number of nitrogens with zero attached hydrogens (tertiary/aromatic N) is 2. The van der Waals surface area contributed by atoms with Gasteiger partial charge in [0.15, 0.2) is 5.78 Å². The smallest absolute Gasteiger partial charge is 0.251 e. The molecule has 1 N–H and O–H groups in total. The van der Waals surface area contributed by atoms with Crippen LogP contribution < -0.4 is 10.9 Å². The fourth-order valence-corrected chi connectivity index (χ4v) is 5.37. The fraction of sp³-hybridized carbons (Fsp3) is 0.391. The highest BCUT2D eigenvalue weighted by molar-refractivity contribution is 7.23. The summed E-state index contributed by atoms with van der Waals surface area (Å²) in [5.41, 5.74) is 1.46. The summed E-state index contributed by atoms with van der Waals surface area (Å²) < 4.78 is 15.6. The molecule has 1 aromatic carbocycles. The molecule has 3 aromatic rings. The molecule has 1 aliphatic heterocycles. The van der Waals surface area contributed by atoms with Gasteiger partial charge in [-0.15, -0.1) is 0 Å². The Kier molecular flexibility index (Phi) is 4.75. The van der Waals surface area contributed by atoms with E-state index in [0.717, 1.165) is 41.1 Å². The number of ketones is 1. The molecule has 0 bridgehead atoms. The standard InChI is InChI=1S/C23H24FN3O2S/c1-13-9-15(5-7-18(13)24)21(29)20-17-6-8-19(28)27(10-14-3-4-14)23(17)30-22(20)25-16-11-26(2)12-16/h5-9,14,16,25H,3-4,10-12H2,1-2H3. The second-order valence-corrected chi connectivity index (χ2v) is 9.61. The molecule has 1 saturated carbocycles. The number of aromatic nitrogens is 1. The van der Waals surface area contributed by atoms with Crippen molar-refractivity contribution in [3.63, 3.8) is 0 Å². The van der Waals surface area contributed by atoms with Gasteiger partial charge in [-0.05, 0) is 62.6 Å². The Morgan fingerprint density at radius 3 is 2.67 bits per heavy atom. The van der Waals surface area contributed by atoms with Gasteiger partial charge in [-0.25, -0.2) is 4.39 Å². The Labute approximate surface area is 178 Å². The maximum Gasteiger partial charge on any atom is 0.251 e. The van der Waals surface area contributed by atoms with Crippen molar-refractivity contribution in [2.45, 2.75) is 32.4 Å². The first-order chi connectivity index (χ1) is 14.4. The van der Waals surface area contributed by atoms with Gasteiger partial charge in [0.2, 0.25) is 0 Å². The molecule has 0 amide bonds. The van der Waals surface area contributed by atoms with Crippen LogP contribution in [-0.2, 0) is 6.54 Å². The summed E-state index contributed by atoms with van der Waals surface area (Å²) in [4.78, 5) is 29.2. The third kappa shape index (κ3) is 3.46. The monoisotopic (exact) mass is 425 g/mol. The van der Waals surface area contributed by atoms with Gasteiger partial charge in [-0.2, -0.15) is 0 Å². The van der Waals surface area contributed by atoms with Crippen molar-refractivity contribution in [3.05, 3.63) is 63.2 Å². The molecule has 0 unspecified atom stereocenters. The predicted octanol–water partition coefficient (Wildman–Crippen LogP) is 3.88. The number of anilines is 1. The summed E-state index contributed by atoms with van der Waals surface area (Å²) >= 11 is 1.48. The van der Waals surface area contributed by atoms with Gasteiger partial charge in [0, 0.05) is 36.7 Å². The Morgan fingerprint density at radius 1 is 1.23 bits per heavy atom. The number of nitrogens with one attached hydrogen (secondary N) is 1. The van der Waals surface area contributed by atoms with Crippen molar-refractivity contribution in [2.75, 3.05) is 25.5 Å². The van der Waals surface area contributed by atoms with E-state index in [1.54, 1.807) is 25.1 Å². The van der Waals surface area contributed by atoms with Crippen molar-refractivity contribution in [1.29, 1.82) is 0 Å². The number of likely N-dealkylation sites (N-methyl/N-ethyl adjacent to an activating group) is 1. The summed E-state index contributed by atoms with van der Waals surface area (Å²) in [7, 11) is 2.06. The van der Waals surface area contributed by atoms with E-state index < -0.39 is 0 Å². The Balaban J connectivity index is 1.64. The lowest BCUT2D eigenvalue weighted by molar-refractivity contribution is 0.104. The van der Waals surface area contributed by atoms with E-state index in [-0.39, 0.29) is 23.2 Å². The van der Waals surface area contributed by atoms with Gasteiger partial charge < -0.3 is 10.2 Å². The first kappa shape index (κ1) is 19.5. The Morgan fingerprint density at radius 2 is 2.00 bits per heavy atom. The van der Waals surface area contributed by atoms with E-state index in [1.807, 2.05) is 4.57 Å². The van der Waals surface area contributed by atoms with Crippen molar-refractivity contribution >= 4 is 32.3 Å². The van der Waals surface area contributed by atoms with Gasteiger partial charge >= 0.3 is 0 Å². The number of carbonyl (C=O) groups is 1. The summed E-state index contributed by atoms with van der Waals surface area (Å²) in [6.07, 6.45) is 2.29. The molecule has 0 spiro atoms. The van der Waals surface area contributed by atoms with Crippen molar-refractivity contribution in [2.24, 2.45) is 5.92 Å². The molecule has 1 saturated heterocycles. The number of likely N-dealkylation sites (tertiary alicyclic amines) is 1. The third-order valence-corrected chi connectivity index (χ3v) is 7.17. The summed E-state index contributed by atoms with van der Waals surface area (Å²) in [6, 6.07) is 8.07. The van der Waals surface area contributed by atoms with Crippen LogP contribution in [-0.4, -0.2) is 41.4 Å². The predicted molar refractivity (Wildman–Crippen MR) is 118 cm³/mol. The number of fused-ring (bicyclic) bond motifs is 1. The molecule has 5 nitrogen and oxygen atoms in total. The summed E-state index contributed by atoms with van der Waals surface area (Å²) in [6.45, 7) is 4.18. The molecule has 0 atom stereocenters. The number of halogens is 1. The maximum absolute atomic E-state index is 13.8. The number of carbonyl (C=O) groups excluding carboxylic acids is 1. The first-order valence-electron chi connectivity index (χ1n) is 10.3. The fourth-order valence-electron chi connectivity index (χ4n) is 4.10. The first-order valence-corrected chi connectivity index (χ1v) is 11.1. The average molecular weight is 426 g/mol. The quantitative estimate of drug-likeness (QED) is 0.609. The SMILES string of the molecule is Cc1cc(C(=O)c2c(NC3CN(C)C3)sc3c2ccc(=O)n3CC2CC2)ccc1F. The minimum Gasteiger partial charge on any atom is -0.371 e. The Hall–Kier alpha value is -2.51. The minimum atomic E-state index is -0.323. The summed E-state index contributed by atoms with van der Waals surface area (Å²) in [5, 5.41) is 5.12. The number of aryl methyl sites for hydroxylation is 1. The van der Waals surface area contributed by atoms with Crippen LogP contribution in [0.25, 0.3) is 10.2 Å². The highest BCUT2D eigenvalue weighted by atomic mass is 32.1. The Bertz CT molecular complexity index is 1210. The number of pyridine rings is 1. The topological polar surface area (TPSA) is 54.3 Å². The molecule has 7 heteroatoms. The molecule has 1 aliphatic carbocycles. The van der Waals surface area contributed by atoms with Crippen LogP contribution >= 0.6 is 11.3 Å². The molecule has 2 aromatic heterocycles. The number of hydrogen-bond acceptors (Lipinski definition) is 5. The normalized spacial score (nSPS) is 17.3. The molecule has 2 fully saturated rings. The van der Waals surface area contributed by atoms with Crippen LogP contribution in [0.15, 0.2) is 35.1 Å². The van der Waals surface area contributed by atoms with Crippen LogP contribution in [0.4, 0.5) is 9.39 Å². The molecule has 0 radical (unpaired) electrons. The average Bonchev–Trinajstić information content (AvgIpc) is 3.44. The molecule has 30 heavy (non-hydrogen) atoms. The highest BCUT2D eigenvalue weighted by Gasteiger charge is 2.29. The molecule has 2 aliphatic rings. The van der Waals surface area contributed by atoms with Crippen LogP contribution in [0, 0.1) is 18.7 Å². The van der Waals surface area contributed by atoms with E-state index in [9.17, 15) is 14.0 Å². The number of benzene rings is 1. The second kappa shape index (κ2) is 7.32. The molecular formula is C23H24FN3O2S. The molecule has 3 heterocycles. The van der Waals surface area contributed by atoms with Crippen LogP contribution in [0.1, 0.15) is 34.3 Å². The minimum absolute atomic E-state index is 0.0257. The van der Waals surface area contributed by atoms with E-state index in [4.69, 9.17) is 0 Å². The van der Waals surface area contributed by atoms with Crippen LogP contribution in [0.3, 0.4) is 0 Å². The van der Waals surface area contributed by atoms with Gasteiger partial charge in [0.25, 0.3) is 5.56 Å². The van der Waals surface area contributed by atoms with E-state index in [0.29, 0.717) is 29.2 Å². The summed E-state index contributed by atoms with van der Waals surface area (Å²) in [5.74, 6) is 0.0815. The van der Waals surface area contributed by atoms with Crippen LogP contribution in [0.2, 0.25) is 0 Å². The number of hydrogen-bond donors (Lipinski definition) is 1.